The van der Waals surface area contributed by atoms with Gasteiger partial charge < -0.3 is 10.8 Å². The molecule has 2 atom stereocenters. The molecule has 0 aromatic carbocycles. The summed E-state index contributed by atoms with van der Waals surface area (Å²) in [6.45, 7) is 4.43. The molecule has 0 amide bonds. The normalized spacial score (nSPS) is 13.6. The van der Waals surface area contributed by atoms with E-state index < -0.39 is 5.97 Å². The van der Waals surface area contributed by atoms with Gasteiger partial charge in [-0.05, 0) is 25.7 Å². The van der Waals surface area contributed by atoms with E-state index in [-0.39, 0.29) is 5.92 Å². The standard InChI is InChI=1S/C24H49NO2/c1-3-5-6-7-8-9-10-11-12-13-14-15-19-22(24(26)27)20-16-17-21-23(25)18-4-2/h22-23H,3-21,25H2,1-2H3,(H,26,27). The van der Waals surface area contributed by atoms with Crippen LogP contribution in [0, 0.1) is 5.92 Å². The van der Waals surface area contributed by atoms with Gasteiger partial charge in [0.1, 0.15) is 0 Å². The summed E-state index contributed by atoms with van der Waals surface area (Å²) < 4.78 is 0. The molecule has 0 saturated heterocycles. The predicted octanol–water partition coefficient (Wildman–Crippen LogP) is 7.47. The molecule has 2 unspecified atom stereocenters. The van der Waals surface area contributed by atoms with Crippen LogP contribution < -0.4 is 5.73 Å². The molecule has 0 aliphatic carbocycles. The van der Waals surface area contributed by atoms with Crippen LogP contribution in [0.4, 0.5) is 0 Å². The highest BCUT2D eigenvalue weighted by molar-refractivity contribution is 5.69. The SMILES string of the molecule is CCCCCCCCCCCCCCC(CCCCC(N)CCC)C(=O)O. The largest absolute Gasteiger partial charge is 0.481 e. The number of carboxylic acids is 1. The maximum atomic E-state index is 11.4. The number of unbranched alkanes of at least 4 members (excludes halogenated alkanes) is 12. The first-order chi connectivity index (χ1) is 13.1. The summed E-state index contributed by atoms with van der Waals surface area (Å²) in [7, 11) is 0. The zero-order valence-corrected chi connectivity index (χ0v) is 18.5. The zero-order chi connectivity index (χ0) is 20.2. The lowest BCUT2D eigenvalue weighted by molar-refractivity contribution is -0.142. The third-order valence-electron chi connectivity index (χ3n) is 5.79. The Morgan fingerprint density at radius 3 is 1.48 bits per heavy atom. The molecule has 3 heteroatoms. The third-order valence-corrected chi connectivity index (χ3v) is 5.79. The van der Waals surface area contributed by atoms with E-state index in [1.54, 1.807) is 0 Å². The molecule has 0 radical (unpaired) electrons. The number of nitrogens with two attached hydrogens (primary N) is 1. The lowest BCUT2D eigenvalue weighted by Gasteiger charge is -2.13. The van der Waals surface area contributed by atoms with Crippen molar-refractivity contribution < 1.29 is 9.90 Å². The fourth-order valence-electron chi connectivity index (χ4n) is 3.94. The molecule has 3 N–H and O–H groups in total. The number of aliphatic carboxylic acids is 1. The molecule has 0 spiro atoms. The summed E-state index contributed by atoms with van der Waals surface area (Å²) >= 11 is 0. The summed E-state index contributed by atoms with van der Waals surface area (Å²) in [6.07, 6.45) is 23.0. The number of rotatable bonds is 21. The first-order valence-corrected chi connectivity index (χ1v) is 12.1. The Hall–Kier alpha value is -0.570. The summed E-state index contributed by atoms with van der Waals surface area (Å²) in [5, 5.41) is 9.42. The van der Waals surface area contributed by atoms with Crippen LogP contribution in [0.25, 0.3) is 0 Å². The van der Waals surface area contributed by atoms with Crippen LogP contribution >= 0.6 is 0 Å². The number of carbonyl (C=O) groups is 1. The fraction of sp³-hybridized carbons (Fsp3) is 0.958. The van der Waals surface area contributed by atoms with Gasteiger partial charge in [-0.2, -0.15) is 0 Å². The molecular formula is C24H49NO2. The smallest absolute Gasteiger partial charge is 0.306 e. The third kappa shape index (κ3) is 18.6. The summed E-state index contributed by atoms with van der Waals surface area (Å²) in [5.74, 6) is -0.744. The van der Waals surface area contributed by atoms with Crippen LogP contribution in [-0.4, -0.2) is 17.1 Å². The van der Waals surface area contributed by atoms with Crippen molar-refractivity contribution in [2.75, 3.05) is 0 Å². The first-order valence-electron chi connectivity index (χ1n) is 12.1. The van der Waals surface area contributed by atoms with E-state index in [9.17, 15) is 9.90 Å². The lowest BCUT2D eigenvalue weighted by atomic mass is 9.93. The molecule has 0 heterocycles. The highest BCUT2D eigenvalue weighted by Gasteiger charge is 2.16. The van der Waals surface area contributed by atoms with Crippen molar-refractivity contribution in [3.63, 3.8) is 0 Å². The minimum absolute atomic E-state index is 0.143. The van der Waals surface area contributed by atoms with Crippen LogP contribution in [0.5, 0.6) is 0 Å². The maximum Gasteiger partial charge on any atom is 0.306 e. The van der Waals surface area contributed by atoms with Crippen LogP contribution in [0.2, 0.25) is 0 Å². The minimum atomic E-state index is -0.601. The number of hydrogen-bond acceptors (Lipinski definition) is 2. The van der Waals surface area contributed by atoms with Crippen molar-refractivity contribution in [3.05, 3.63) is 0 Å². The van der Waals surface area contributed by atoms with E-state index in [1.165, 1.54) is 70.6 Å². The number of carboxylic acid groups (broad SMARTS) is 1. The molecule has 0 saturated carbocycles. The summed E-state index contributed by atoms with van der Waals surface area (Å²) in [4.78, 5) is 11.4. The average Bonchev–Trinajstić information content (AvgIpc) is 2.64. The van der Waals surface area contributed by atoms with Gasteiger partial charge in [-0.3, -0.25) is 4.79 Å². The van der Waals surface area contributed by atoms with Crippen molar-refractivity contribution in [2.45, 2.75) is 142 Å². The Bertz CT molecular complexity index is 320. The maximum absolute atomic E-state index is 11.4. The molecule has 0 fully saturated rings. The van der Waals surface area contributed by atoms with Gasteiger partial charge in [0.05, 0.1) is 5.92 Å². The minimum Gasteiger partial charge on any atom is -0.481 e. The Labute approximate surface area is 169 Å². The predicted molar refractivity (Wildman–Crippen MR) is 118 cm³/mol. The van der Waals surface area contributed by atoms with Gasteiger partial charge >= 0.3 is 5.97 Å². The van der Waals surface area contributed by atoms with Crippen LogP contribution in [-0.2, 0) is 4.79 Å². The Kier molecular flexibility index (Phi) is 19.7. The van der Waals surface area contributed by atoms with Crippen LogP contribution in [0.1, 0.15) is 136 Å². The van der Waals surface area contributed by atoms with Crippen molar-refractivity contribution >= 4 is 5.97 Å². The highest BCUT2D eigenvalue weighted by Crippen LogP contribution is 2.19. The van der Waals surface area contributed by atoms with E-state index in [1.807, 2.05) is 0 Å². The van der Waals surface area contributed by atoms with Crippen molar-refractivity contribution in [3.8, 4) is 0 Å². The van der Waals surface area contributed by atoms with Gasteiger partial charge in [0.25, 0.3) is 0 Å². The van der Waals surface area contributed by atoms with Gasteiger partial charge in [0, 0.05) is 6.04 Å². The highest BCUT2D eigenvalue weighted by atomic mass is 16.4. The lowest BCUT2D eigenvalue weighted by Crippen LogP contribution is -2.19. The van der Waals surface area contributed by atoms with E-state index in [2.05, 4.69) is 13.8 Å². The second-order valence-corrected chi connectivity index (χ2v) is 8.55. The molecule has 3 nitrogen and oxygen atoms in total. The molecule has 0 aromatic heterocycles. The molecule has 0 rings (SSSR count). The fourth-order valence-corrected chi connectivity index (χ4v) is 3.94. The van der Waals surface area contributed by atoms with Crippen molar-refractivity contribution in [1.82, 2.24) is 0 Å². The van der Waals surface area contributed by atoms with E-state index in [0.29, 0.717) is 6.04 Å². The second-order valence-electron chi connectivity index (χ2n) is 8.55. The van der Waals surface area contributed by atoms with Crippen molar-refractivity contribution in [1.29, 1.82) is 0 Å². The Balaban J connectivity index is 3.50. The molecule has 27 heavy (non-hydrogen) atoms. The number of hydrogen-bond donors (Lipinski definition) is 2. The van der Waals surface area contributed by atoms with E-state index in [0.717, 1.165) is 51.4 Å². The molecule has 162 valence electrons. The van der Waals surface area contributed by atoms with Gasteiger partial charge in [0.2, 0.25) is 0 Å². The molecule has 0 aliphatic heterocycles. The van der Waals surface area contributed by atoms with Gasteiger partial charge in [0.15, 0.2) is 0 Å². The van der Waals surface area contributed by atoms with Gasteiger partial charge in [-0.25, -0.2) is 0 Å². The Morgan fingerprint density at radius 2 is 1.04 bits per heavy atom. The second kappa shape index (κ2) is 20.2. The summed E-state index contributed by atoms with van der Waals surface area (Å²) in [5.41, 5.74) is 6.03. The average molecular weight is 384 g/mol. The van der Waals surface area contributed by atoms with Gasteiger partial charge in [-0.1, -0.05) is 110 Å². The first kappa shape index (κ1) is 26.4. The Morgan fingerprint density at radius 1 is 0.630 bits per heavy atom. The van der Waals surface area contributed by atoms with Crippen LogP contribution in [0.3, 0.4) is 0 Å². The molecule has 0 bridgehead atoms. The van der Waals surface area contributed by atoms with Crippen LogP contribution in [0.15, 0.2) is 0 Å². The van der Waals surface area contributed by atoms with E-state index >= 15 is 0 Å². The monoisotopic (exact) mass is 383 g/mol. The molecule has 0 aliphatic rings. The zero-order valence-electron chi connectivity index (χ0n) is 18.5. The summed E-state index contributed by atoms with van der Waals surface area (Å²) in [6, 6.07) is 0.301. The van der Waals surface area contributed by atoms with E-state index in [4.69, 9.17) is 5.73 Å². The molecule has 0 aromatic rings. The molecular weight excluding hydrogens is 334 g/mol. The van der Waals surface area contributed by atoms with Gasteiger partial charge in [-0.15, -0.1) is 0 Å². The quantitative estimate of drug-likeness (QED) is 0.202. The van der Waals surface area contributed by atoms with Crippen molar-refractivity contribution in [2.24, 2.45) is 11.7 Å². The topological polar surface area (TPSA) is 63.3 Å².